The van der Waals surface area contributed by atoms with Crippen molar-refractivity contribution in [2.75, 3.05) is 6.54 Å². The van der Waals surface area contributed by atoms with Crippen LogP contribution in [-0.2, 0) is 32.2 Å². The molecule has 0 fully saturated rings. The molecule has 0 aromatic heterocycles. The molecular weight excluding hydrogens is 626 g/mol. The molecule has 0 bridgehead atoms. The number of nitrogens with one attached hydrogen (secondary N) is 1. The van der Waals surface area contributed by atoms with Crippen LogP contribution in [0.15, 0.2) is 0 Å². The Morgan fingerprint density at radius 1 is 0.639 bits per heavy atom. The van der Waals surface area contributed by atoms with Gasteiger partial charge in [-0.1, -0.05) is 6.92 Å². The van der Waals surface area contributed by atoms with Gasteiger partial charge in [0, 0.05) is 13.0 Å². The molecule has 0 rings (SSSR count). The van der Waals surface area contributed by atoms with Gasteiger partial charge < -0.3 is 58.7 Å². The van der Waals surface area contributed by atoms with Gasteiger partial charge in [-0.2, -0.15) is 0 Å². The molecule has 0 saturated heterocycles. The Labute approximate surface area is 201 Å². The van der Waals surface area contributed by atoms with Crippen LogP contribution in [0, 0.1) is 0 Å². The Kier molecular flexibility index (Phi) is 12.5. The van der Waals surface area contributed by atoms with Crippen molar-refractivity contribution in [1.29, 1.82) is 0 Å². The molecular formula is C9H26N2O19P6. The predicted molar refractivity (Wildman–Crippen MR) is 117 cm³/mol. The first-order chi connectivity index (χ1) is 15.6. The van der Waals surface area contributed by atoms with Crippen LogP contribution in [0.5, 0.6) is 0 Å². The number of nitrogens with zero attached hydrogens (tertiary/aromatic N) is 1. The maximum absolute atomic E-state index is 12.7. The Morgan fingerprint density at radius 2 is 0.944 bits per heavy atom. The zero-order valence-electron chi connectivity index (χ0n) is 17.8. The molecule has 0 saturated carbocycles. The third kappa shape index (κ3) is 10.6. The average Bonchev–Trinajstić information content (AvgIpc) is 2.50. The highest BCUT2D eigenvalue weighted by molar-refractivity contribution is 7.72. The number of carbonyl (C=O) groups excluding carboxylic acids is 1. The molecule has 21 nitrogen and oxygen atoms in total. The van der Waals surface area contributed by atoms with Crippen molar-refractivity contribution >= 4 is 51.4 Å². The number of ketones is 1. The average molecular weight is 652 g/mol. The number of hydrogen-bond donors (Lipinski definition) is 13. The molecule has 36 heavy (non-hydrogen) atoms. The molecule has 1 atom stereocenters. The van der Waals surface area contributed by atoms with E-state index in [1.54, 1.807) is 0 Å². The van der Waals surface area contributed by atoms with Crippen LogP contribution in [0.1, 0.15) is 19.8 Å². The number of Topliss-reactive ketones (excluding diaryl/α,β-unsaturated/α-hetero) is 1. The normalized spacial score (nSPS) is 15.8. The minimum Gasteiger partial charge on any atom is -0.323 e. The van der Waals surface area contributed by atoms with E-state index in [1.807, 2.05) is 0 Å². The third-order valence-electron chi connectivity index (χ3n) is 4.10. The van der Waals surface area contributed by atoms with E-state index in [0.29, 0.717) is 0 Å². The van der Waals surface area contributed by atoms with Gasteiger partial charge in [-0.05, 0) is 6.42 Å². The second-order valence-electron chi connectivity index (χ2n) is 7.19. The van der Waals surface area contributed by atoms with Crippen molar-refractivity contribution in [3.8, 4) is 0 Å². The van der Waals surface area contributed by atoms with Crippen LogP contribution in [0.4, 0.5) is 0 Å². The second kappa shape index (κ2) is 12.3. The van der Waals surface area contributed by atoms with E-state index >= 15 is 0 Å². The fourth-order valence-corrected chi connectivity index (χ4v) is 11.4. The minimum absolute atomic E-state index is 0.198. The lowest BCUT2D eigenvalue weighted by molar-refractivity contribution is -0.124. The van der Waals surface area contributed by atoms with E-state index in [9.17, 15) is 90.9 Å². The molecule has 216 valence electrons. The van der Waals surface area contributed by atoms with Gasteiger partial charge in [-0.3, -0.25) is 37.5 Å². The van der Waals surface area contributed by atoms with E-state index in [-0.39, 0.29) is 6.42 Å². The molecule has 0 radical (unpaired) electrons. The Morgan fingerprint density at radius 3 is 1.17 bits per heavy atom. The van der Waals surface area contributed by atoms with E-state index in [1.165, 1.54) is 12.2 Å². The molecule has 0 aromatic carbocycles. The largest absolute Gasteiger partial charge is 0.355 e. The van der Waals surface area contributed by atoms with Gasteiger partial charge in [0.2, 0.25) is 16.6 Å². The van der Waals surface area contributed by atoms with Crippen molar-refractivity contribution in [3.05, 3.63) is 0 Å². The third-order valence-corrected chi connectivity index (χ3v) is 14.6. The lowest BCUT2D eigenvalue weighted by atomic mass is 10.1. The van der Waals surface area contributed by atoms with Crippen molar-refractivity contribution in [2.24, 2.45) is 0 Å². The summed E-state index contributed by atoms with van der Waals surface area (Å²) in [6.45, 7) is -0.402. The molecule has 0 aliphatic carbocycles. The molecule has 0 aliphatic heterocycles. The van der Waals surface area contributed by atoms with Gasteiger partial charge in [-0.25, -0.2) is 4.90 Å². The van der Waals surface area contributed by atoms with Gasteiger partial charge in [0.1, 0.15) is 0 Å². The van der Waals surface area contributed by atoms with Gasteiger partial charge in [0.05, 0.1) is 6.04 Å². The first-order valence-corrected chi connectivity index (χ1v) is 19.0. The van der Waals surface area contributed by atoms with E-state index in [2.05, 4.69) is 0 Å². The molecule has 27 heteroatoms. The van der Waals surface area contributed by atoms with Crippen LogP contribution >= 0.6 is 45.6 Å². The number of rotatable bonds is 15. The summed E-state index contributed by atoms with van der Waals surface area (Å²) in [4.78, 5) is 125. The summed E-state index contributed by atoms with van der Waals surface area (Å²) >= 11 is 0. The quantitative estimate of drug-likeness (QED) is 0.0815. The van der Waals surface area contributed by atoms with Gasteiger partial charge in [0.15, 0.2) is 5.78 Å². The molecule has 1 unspecified atom stereocenters. The molecule has 0 spiro atoms. The lowest BCUT2D eigenvalue weighted by Crippen LogP contribution is -2.56. The van der Waals surface area contributed by atoms with Gasteiger partial charge >= 0.3 is 45.6 Å². The maximum atomic E-state index is 12.7. The summed E-state index contributed by atoms with van der Waals surface area (Å²) in [7, 11) is -37.2. The van der Waals surface area contributed by atoms with Crippen molar-refractivity contribution < 1.29 is 90.9 Å². The van der Waals surface area contributed by atoms with Crippen molar-refractivity contribution in [1.82, 2.24) is 10.2 Å². The minimum atomic E-state index is -6.38. The summed E-state index contributed by atoms with van der Waals surface area (Å²) < 4.78 is 71.0. The molecule has 13 N–H and O–H groups in total. The monoisotopic (exact) mass is 652 g/mol. The topological polar surface area (TPSA) is 378 Å². The molecule has 0 heterocycles. The van der Waals surface area contributed by atoms with Crippen LogP contribution in [0.2, 0.25) is 0 Å². The zero-order chi connectivity index (χ0) is 29.3. The summed E-state index contributed by atoms with van der Waals surface area (Å²) in [5.41, 5.74) is -10.8. The van der Waals surface area contributed by atoms with Gasteiger partial charge in [0.25, 0.3) is 0 Å². The summed E-state index contributed by atoms with van der Waals surface area (Å²) in [6.07, 6.45) is -0.972. The highest BCUT2D eigenvalue weighted by atomic mass is 31.2. The summed E-state index contributed by atoms with van der Waals surface area (Å²) in [6, 6.07) is -2.83. The highest BCUT2D eigenvalue weighted by Crippen LogP contribution is 2.69. The van der Waals surface area contributed by atoms with Crippen molar-refractivity contribution in [3.63, 3.8) is 0 Å². The fourth-order valence-electron chi connectivity index (χ4n) is 2.98. The van der Waals surface area contributed by atoms with Crippen LogP contribution in [0.25, 0.3) is 0 Å². The Hall–Kier alpha value is 0.490. The standard InChI is InChI=1S/C9H26N2O19P6/c1-2-3-6(12)5(4-10-7(31(13,14)15)32(16,17)18)11(8(33(19,20)21)34(22,23)24)9(35(25,26)27)36(28,29)30/h5,7-10H,2-4H2,1H3,(H2,13,14,15)(H2,16,17,18)(H2,19,20,21)(H2,22,23,24)(H2,25,26,27)(H2,28,29,30). The predicted octanol–water partition coefficient (Wildman–Crippen LogP) is -2.47. The smallest absolute Gasteiger partial charge is 0.323 e. The van der Waals surface area contributed by atoms with E-state index < -0.39 is 91.8 Å². The Bertz CT molecular complexity index is 959. The first-order valence-electron chi connectivity index (χ1n) is 8.92. The lowest BCUT2D eigenvalue weighted by Gasteiger charge is -2.42. The fraction of sp³-hybridized carbons (Fsp3) is 0.889. The number of carbonyl (C=O) groups is 1. The first kappa shape index (κ1) is 36.5. The van der Waals surface area contributed by atoms with Crippen LogP contribution in [0.3, 0.4) is 0 Å². The van der Waals surface area contributed by atoms with Crippen LogP contribution in [-0.4, -0.2) is 98.6 Å². The maximum Gasteiger partial charge on any atom is 0.355 e. The zero-order valence-corrected chi connectivity index (χ0v) is 23.2. The number of hydrogen-bond acceptors (Lipinski definition) is 9. The van der Waals surface area contributed by atoms with E-state index in [4.69, 9.17) is 0 Å². The molecule has 0 amide bonds. The van der Waals surface area contributed by atoms with Crippen LogP contribution < -0.4 is 5.32 Å². The van der Waals surface area contributed by atoms with E-state index in [0.717, 1.165) is 0 Å². The SMILES string of the molecule is CCCC(=O)C(CNC(P(=O)(O)O)P(=O)(O)O)N(C(P(=O)(O)O)P(=O)(O)O)C(P(=O)(O)O)P(=O)(O)O. The van der Waals surface area contributed by atoms with Gasteiger partial charge in [-0.15, -0.1) is 0 Å². The molecule has 0 aromatic rings. The van der Waals surface area contributed by atoms with Crippen molar-refractivity contribution in [2.45, 2.75) is 42.4 Å². The molecule has 0 aliphatic rings. The Balaban J connectivity index is 7.45. The second-order valence-corrected chi connectivity index (χ2v) is 18.5. The summed E-state index contributed by atoms with van der Waals surface area (Å²) in [5, 5.41) is 1.43. The summed E-state index contributed by atoms with van der Waals surface area (Å²) in [5.74, 6) is -1.50. The highest BCUT2D eigenvalue weighted by Gasteiger charge is 2.61.